The molecule has 1 aromatic rings. The van der Waals surface area contributed by atoms with Crippen LogP contribution in [0.25, 0.3) is 0 Å². The molecule has 96 valence electrons. The molecule has 0 spiro atoms. The van der Waals surface area contributed by atoms with Crippen LogP contribution in [-0.4, -0.2) is 18.8 Å². The first-order valence-corrected chi connectivity index (χ1v) is 5.75. The van der Waals surface area contributed by atoms with Crippen LogP contribution in [0.3, 0.4) is 0 Å². The molecule has 1 aliphatic carbocycles. The van der Waals surface area contributed by atoms with Crippen molar-refractivity contribution in [3.63, 3.8) is 0 Å². The summed E-state index contributed by atoms with van der Waals surface area (Å²) in [7, 11) is 0. The van der Waals surface area contributed by atoms with E-state index in [2.05, 4.69) is 0 Å². The number of alkyl halides is 3. The highest BCUT2D eigenvalue weighted by Crippen LogP contribution is 2.36. The normalized spacial score (nSPS) is 15.3. The first-order valence-electron chi connectivity index (χ1n) is 5.75. The van der Waals surface area contributed by atoms with Crippen LogP contribution >= 0.6 is 0 Å². The minimum atomic E-state index is -4.25. The molecule has 2 nitrogen and oxygen atoms in total. The summed E-state index contributed by atoms with van der Waals surface area (Å²) in [5, 5.41) is 9.03. The second kappa shape index (κ2) is 4.52. The van der Waals surface area contributed by atoms with Gasteiger partial charge in [-0.1, -0.05) is 6.07 Å². The van der Waals surface area contributed by atoms with E-state index in [0.29, 0.717) is 11.3 Å². The van der Waals surface area contributed by atoms with Gasteiger partial charge in [0.2, 0.25) is 0 Å². The first kappa shape index (κ1) is 12.7. The Morgan fingerprint density at radius 1 is 1.39 bits per heavy atom. The van der Waals surface area contributed by atoms with Crippen LogP contribution in [0.15, 0.2) is 18.2 Å². The molecule has 1 aromatic carbocycles. The molecule has 0 bridgehead atoms. The zero-order chi connectivity index (χ0) is 13.3. The molecule has 0 aliphatic heterocycles. The molecular formula is C13H13F3N2. The van der Waals surface area contributed by atoms with Gasteiger partial charge in [0.05, 0.1) is 11.3 Å². The smallest absolute Gasteiger partial charge is 0.358 e. The zero-order valence-corrected chi connectivity index (χ0v) is 9.96. The fraction of sp³-hybridized carbons (Fsp3) is 0.462. The quantitative estimate of drug-likeness (QED) is 0.826. The van der Waals surface area contributed by atoms with Crippen molar-refractivity contribution in [3.8, 4) is 6.07 Å². The Balaban J connectivity index is 2.34. The minimum absolute atomic E-state index is 0.0820. The van der Waals surface area contributed by atoms with Gasteiger partial charge in [-0.15, -0.1) is 0 Å². The molecule has 2 rings (SSSR count). The molecule has 18 heavy (non-hydrogen) atoms. The predicted octanol–water partition coefficient (Wildman–Crippen LogP) is 3.40. The maximum Gasteiger partial charge on any atom is 0.405 e. The molecule has 5 heteroatoms. The van der Waals surface area contributed by atoms with E-state index in [1.165, 1.54) is 4.90 Å². The van der Waals surface area contributed by atoms with E-state index in [1.807, 2.05) is 13.0 Å². The van der Waals surface area contributed by atoms with Crippen LogP contribution in [0.5, 0.6) is 0 Å². The highest BCUT2D eigenvalue weighted by Gasteiger charge is 2.38. The third-order valence-electron chi connectivity index (χ3n) is 2.92. The summed E-state index contributed by atoms with van der Waals surface area (Å²) in [6.45, 7) is 0.825. The number of hydrogen-bond acceptors (Lipinski definition) is 2. The van der Waals surface area contributed by atoms with Gasteiger partial charge >= 0.3 is 6.18 Å². The summed E-state index contributed by atoms with van der Waals surface area (Å²) in [6.07, 6.45) is -2.73. The number of aryl methyl sites for hydroxylation is 1. The van der Waals surface area contributed by atoms with Crippen molar-refractivity contribution in [1.82, 2.24) is 0 Å². The number of halogens is 3. The van der Waals surface area contributed by atoms with Crippen LogP contribution in [0, 0.1) is 18.3 Å². The topological polar surface area (TPSA) is 27.0 Å². The van der Waals surface area contributed by atoms with Crippen LogP contribution < -0.4 is 4.90 Å². The average molecular weight is 254 g/mol. The number of rotatable bonds is 3. The van der Waals surface area contributed by atoms with Crippen molar-refractivity contribution in [1.29, 1.82) is 5.26 Å². The van der Waals surface area contributed by atoms with Crippen LogP contribution in [0.1, 0.15) is 24.0 Å². The molecule has 0 atom stereocenters. The van der Waals surface area contributed by atoms with Crippen molar-refractivity contribution >= 4 is 5.69 Å². The van der Waals surface area contributed by atoms with Gasteiger partial charge in [-0.25, -0.2) is 0 Å². The molecule has 1 saturated carbocycles. The Hall–Kier alpha value is -1.70. The van der Waals surface area contributed by atoms with Crippen molar-refractivity contribution < 1.29 is 13.2 Å². The van der Waals surface area contributed by atoms with Crippen LogP contribution in [0.4, 0.5) is 18.9 Å². The molecule has 1 aliphatic rings. The lowest BCUT2D eigenvalue weighted by Crippen LogP contribution is -2.36. The molecule has 0 N–H and O–H groups in total. The molecular weight excluding hydrogens is 241 g/mol. The van der Waals surface area contributed by atoms with Crippen molar-refractivity contribution in [2.45, 2.75) is 32.0 Å². The van der Waals surface area contributed by atoms with Crippen molar-refractivity contribution in [2.24, 2.45) is 0 Å². The van der Waals surface area contributed by atoms with Gasteiger partial charge in [0.1, 0.15) is 12.6 Å². The summed E-state index contributed by atoms with van der Waals surface area (Å²) in [5.41, 5.74) is 1.58. The Morgan fingerprint density at radius 2 is 2.06 bits per heavy atom. The van der Waals surface area contributed by atoms with Gasteiger partial charge < -0.3 is 4.90 Å². The lowest BCUT2D eigenvalue weighted by atomic mass is 10.1. The lowest BCUT2D eigenvalue weighted by molar-refractivity contribution is -0.120. The number of hydrogen-bond donors (Lipinski definition) is 0. The maximum atomic E-state index is 12.6. The monoisotopic (exact) mass is 254 g/mol. The SMILES string of the molecule is Cc1ccc(N(CC(F)(F)F)C2CC2)c(C#N)c1. The summed E-state index contributed by atoms with van der Waals surface area (Å²) in [5.74, 6) is 0. The minimum Gasteiger partial charge on any atom is -0.358 e. The highest BCUT2D eigenvalue weighted by molar-refractivity contribution is 5.61. The fourth-order valence-electron chi connectivity index (χ4n) is 1.98. The molecule has 1 fully saturated rings. The second-order valence-electron chi connectivity index (χ2n) is 4.61. The van der Waals surface area contributed by atoms with Gasteiger partial charge in [-0.05, 0) is 37.5 Å². The molecule has 0 unspecified atom stereocenters. The Morgan fingerprint density at radius 3 is 2.56 bits per heavy atom. The maximum absolute atomic E-state index is 12.6. The molecule has 0 amide bonds. The third-order valence-corrected chi connectivity index (χ3v) is 2.92. The van der Waals surface area contributed by atoms with Gasteiger partial charge in [0.25, 0.3) is 0 Å². The van der Waals surface area contributed by atoms with E-state index in [9.17, 15) is 13.2 Å². The van der Waals surface area contributed by atoms with Crippen LogP contribution in [-0.2, 0) is 0 Å². The van der Waals surface area contributed by atoms with Gasteiger partial charge in [0, 0.05) is 6.04 Å². The molecule has 0 radical (unpaired) electrons. The Kier molecular flexibility index (Phi) is 3.20. The summed E-state index contributed by atoms with van der Waals surface area (Å²) in [6, 6.07) is 6.87. The van der Waals surface area contributed by atoms with Gasteiger partial charge in [-0.2, -0.15) is 18.4 Å². The summed E-state index contributed by atoms with van der Waals surface area (Å²) in [4.78, 5) is 1.30. The van der Waals surface area contributed by atoms with Crippen LogP contribution in [0.2, 0.25) is 0 Å². The molecule has 0 saturated heterocycles. The van der Waals surface area contributed by atoms with E-state index < -0.39 is 12.7 Å². The molecule has 0 heterocycles. The number of benzene rings is 1. The zero-order valence-electron chi connectivity index (χ0n) is 9.96. The summed E-state index contributed by atoms with van der Waals surface area (Å²) < 4.78 is 37.7. The standard InChI is InChI=1S/C13H13F3N2/c1-9-2-5-12(10(6-9)7-17)18(11-3-4-11)8-13(14,15)16/h2,5-6,11H,3-4,8H2,1H3. The lowest BCUT2D eigenvalue weighted by Gasteiger charge is -2.26. The van der Waals surface area contributed by atoms with E-state index in [1.54, 1.807) is 18.2 Å². The Bertz CT molecular complexity index is 484. The van der Waals surface area contributed by atoms with E-state index in [0.717, 1.165) is 18.4 Å². The van der Waals surface area contributed by atoms with E-state index >= 15 is 0 Å². The van der Waals surface area contributed by atoms with Crippen molar-refractivity contribution in [2.75, 3.05) is 11.4 Å². The highest BCUT2D eigenvalue weighted by atomic mass is 19.4. The number of anilines is 1. The second-order valence-corrected chi connectivity index (χ2v) is 4.61. The van der Waals surface area contributed by atoms with E-state index in [-0.39, 0.29) is 6.04 Å². The summed E-state index contributed by atoms with van der Waals surface area (Å²) >= 11 is 0. The number of nitriles is 1. The molecule has 0 aromatic heterocycles. The predicted molar refractivity (Wildman–Crippen MR) is 62.3 cm³/mol. The average Bonchev–Trinajstić information content (AvgIpc) is 3.08. The Labute approximate surface area is 104 Å². The van der Waals surface area contributed by atoms with Gasteiger partial charge in [0.15, 0.2) is 0 Å². The first-order chi connectivity index (χ1) is 8.40. The van der Waals surface area contributed by atoms with Crippen molar-refractivity contribution in [3.05, 3.63) is 29.3 Å². The fourth-order valence-corrected chi connectivity index (χ4v) is 1.98. The third kappa shape index (κ3) is 2.95. The van der Waals surface area contributed by atoms with Gasteiger partial charge in [-0.3, -0.25) is 0 Å². The van der Waals surface area contributed by atoms with E-state index in [4.69, 9.17) is 5.26 Å². The largest absolute Gasteiger partial charge is 0.405 e. The number of nitrogens with zero attached hydrogens (tertiary/aromatic N) is 2.